The molecule has 1 unspecified atom stereocenters. The molecule has 0 saturated heterocycles. The summed E-state index contributed by atoms with van der Waals surface area (Å²) in [5.41, 5.74) is -0.529. The first-order valence-corrected chi connectivity index (χ1v) is 10.2. The van der Waals surface area contributed by atoms with Gasteiger partial charge in [0, 0.05) is 5.39 Å². The molecule has 0 radical (unpaired) electrons. The SMILES string of the molecule is CCCCCC(Oc1cccc2cc3ccccc3cc12)C(=O)OC(C)(C)C. The van der Waals surface area contributed by atoms with Gasteiger partial charge in [-0.2, -0.15) is 0 Å². The van der Waals surface area contributed by atoms with Crippen molar-refractivity contribution in [2.75, 3.05) is 0 Å². The smallest absolute Gasteiger partial charge is 0.347 e. The zero-order valence-corrected chi connectivity index (χ0v) is 17.3. The molecule has 3 aromatic carbocycles. The van der Waals surface area contributed by atoms with E-state index in [1.807, 2.05) is 45.0 Å². The number of fused-ring (bicyclic) bond motifs is 2. The van der Waals surface area contributed by atoms with Gasteiger partial charge < -0.3 is 9.47 Å². The number of unbranched alkanes of at least 4 members (excludes halogenated alkanes) is 2. The molecule has 0 amide bonds. The van der Waals surface area contributed by atoms with Crippen LogP contribution in [0.25, 0.3) is 21.5 Å². The number of ether oxygens (including phenoxy) is 2. The molecule has 0 saturated carbocycles. The Hall–Kier alpha value is -2.55. The summed E-state index contributed by atoms with van der Waals surface area (Å²) in [6.07, 6.45) is 3.17. The third-order valence-corrected chi connectivity index (χ3v) is 4.72. The van der Waals surface area contributed by atoms with Crippen molar-refractivity contribution in [2.24, 2.45) is 0 Å². The molecule has 0 aliphatic carbocycles. The monoisotopic (exact) mass is 378 g/mol. The van der Waals surface area contributed by atoms with Gasteiger partial charge in [-0.05, 0) is 68.0 Å². The summed E-state index contributed by atoms with van der Waals surface area (Å²) in [7, 11) is 0. The molecule has 0 bridgehead atoms. The van der Waals surface area contributed by atoms with Gasteiger partial charge in [-0.25, -0.2) is 4.79 Å². The van der Waals surface area contributed by atoms with Gasteiger partial charge in [-0.3, -0.25) is 0 Å². The first kappa shape index (κ1) is 20.2. The van der Waals surface area contributed by atoms with Crippen LogP contribution in [0.2, 0.25) is 0 Å². The number of hydrogen-bond donors (Lipinski definition) is 0. The summed E-state index contributed by atoms with van der Waals surface area (Å²) in [6, 6.07) is 18.6. The van der Waals surface area contributed by atoms with Crippen LogP contribution in [0.4, 0.5) is 0 Å². The van der Waals surface area contributed by atoms with E-state index in [0.29, 0.717) is 6.42 Å². The highest BCUT2D eigenvalue weighted by molar-refractivity contribution is 6.01. The summed E-state index contributed by atoms with van der Waals surface area (Å²) in [5, 5.41) is 4.47. The van der Waals surface area contributed by atoms with Gasteiger partial charge in [0.2, 0.25) is 0 Å². The highest BCUT2D eigenvalue weighted by atomic mass is 16.6. The molecule has 3 nitrogen and oxygen atoms in total. The highest BCUT2D eigenvalue weighted by Gasteiger charge is 2.27. The van der Waals surface area contributed by atoms with E-state index in [1.165, 1.54) is 5.39 Å². The van der Waals surface area contributed by atoms with Crippen molar-refractivity contribution >= 4 is 27.5 Å². The molecular weight excluding hydrogens is 348 g/mol. The molecule has 0 aromatic heterocycles. The number of rotatable bonds is 7. The predicted molar refractivity (Wildman–Crippen MR) is 116 cm³/mol. The second-order valence-corrected chi connectivity index (χ2v) is 8.31. The van der Waals surface area contributed by atoms with Crippen LogP contribution in [0.3, 0.4) is 0 Å². The molecule has 0 spiro atoms. The fourth-order valence-electron chi connectivity index (χ4n) is 3.37. The molecule has 3 rings (SSSR count). The first-order chi connectivity index (χ1) is 13.4. The Labute approximate surface area is 167 Å². The van der Waals surface area contributed by atoms with Gasteiger partial charge >= 0.3 is 5.97 Å². The highest BCUT2D eigenvalue weighted by Crippen LogP contribution is 2.31. The van der Waals surface area contributed by atoms with E-state index in [2.05, 4.69) is 37.3 Å². The Morgan fingerprint density at radius 3 is 2.29 bits per heavy atom. The average molecular weight is 379 g/mol. The van der Waals surface area contributed by atoms with E-state index in [0.717, 1.165) is 41.2 Å². The predicted octanol–water partition coefficient (Wildman–Crippen LogP) is 6.66. The minimum atomic E-state index is -0.595. The zero-order valence-electron chi connectivity index (χ0n) is 17.3. The minimum absolute atomic E-state index is 0.290. The van der Waals surface area contributed by atoms with Gasteiger partial charge in [0.1, 0.15) is 11.4 Å². The van der Waals surface area contributed by atoms with Gasteiger partial charge in [0.05, 0.1) is 0 Å². The molecule has 0 aliphatic rings. The van der Waals surface area contributed by atoms with Crippen molar-refractivity contribution in [3.8, 4) is 5.75 Å². The van der Waals surface area contributed by atoms with Crippen molar-refractivity contribution in [3.63, 3.8) is 0 Å². The molecule has 0 N–H and O–H groups in total. The maximum absolute atomic E-state index is 12.8. The maximum atomic E-state index is 12.8. The van der Waals surface area contributed by atoms with Crippen LogP contribution in [-0.4, -0.2) is 17.7 Å². The number of carbonyl (C=O) groups is 1. The lowest BCUT2D eigenvalue weighted by molar-refractivity contribution is -0.163. The average Bonchev–Trinajstić information content (AvgIpc) is 2.64. The van der Waals surface area contributed by atoms with E-state index >= 15 is 0 Å². The van der Waals surface area contributed by atoms with Gasteiger partial charge in [0.25, 0.3) is 0 Å². The molecule has 3 heteroatoms. The minimum Gasteiger partial charge on any atom is -0.478 e. The molecule has 148 valence electrons. The maximum Gasteiger partial charge on any atom is 0.347 e. The van der Waals surface area contributed by atoms with Crippen LogP contribution in [-0.2, 0) is 9.53 Å². The number of hydrogen-bond acceptors (Lipinski definition) is 3. The fourth-order valence-corrected chi connectivity index (χ4v) is 3.37. The van der Waals surface area contributed by atoms with Crippen LogP contribution in [0.1, 0.15) is 53.4 Å². The fraction of sp³-hybridized carbons (Fsp3) is 0.400. The summed E-state index contributed by atoms with van der Waals surface area (Å²) in [5.74, 6) is 0.442. The largest absolute Gasteiger partial charge is 0.478 e. The molecule has 0 aliphatic heterocycles. The van der Waals surface area contributed by atoms with Gasteiger partial charge in [-0.1, -0.05) is 56.2 Å². The first-order valence-electron chi connectivity index (χ1n) is 10.2. The Balaban J connectivity index is 1.93. The summed E-state index contributed by atoms with van der Waals surface area (Å²) < 4.78 is 11.9. The molecule has 1 atom stereocenters. The standard InChI is InChI=1S/C25H30O3/c1-5-6-7-14-23(24(26)28-25(2,3)4)27-22-15-10-13-20-16-18-11-8-9-12-19(18)17-21(20)22/h8-13,15-17,23H,5-7,14H2,1-4H3. The Bertz CT molecular complexity index is 953. The molecular formula is C25H30O3. The summed E-state index contributed by atoms with van der Waals surface area (Å²) in [6.45, 7) is 7.81. The molecule has 0 heterocycles. The van der Waals surface area contributed by atoms with Crippen LogP contribution < -0.4 is 4.74 Å². The molecule has 0 fully saturated rings. The van der Waals surface area contributed by atoms with Crippen LogP contribution in [0.15, 0.2) is 54.6 Å². The summed E-state index contributed by atoms with van der Waals surface area (Å²) >= 11 is 0. The van der Waals surface area contributed by atoms with Crippen molar-refractivity contribution in [1.82, 2.24) is 0 Å². The van der Waals surface area contributed by atoms with E-state index in [-0.39, 0.29) is 5.97 Å². The van der Waals surface area contributed by atoms with Crippen molar-refractivity contribution in [1.29, 1.82) is 0 Å². The zero-order chi connectivity index (χ0) is 20.1. The Kier molecular flexibility index (Phi) is 6.23. The van der Waals surface area contributed by atoms with Crippen molar-refractivity contribution in [3.05, 3.63) is 54.6 Å². The Morgan fingerprint density at radius 2 is 1.61 bits per heavy atom. The third kappa shape index (κ3) is 5.03. The quantitative estimate of drug-likeness (QED) is 0.262. The lowest BCUT2D eigenvalue weighted by Crippen LogP contribution is -2.35. The Morgan fingerprint density at radius 1 is 0.929 bits per heavy atom. The number of carbonyl (C=O) groups excluding carboxylic acids is 1. The lowest BCUT2D eigenvalue weighted by atomic mass is 10.0. The van der Waals surface area contributed by atoms with Crippen molar-refractivity contribution < 1.29 is 14.3 Å². The van der Waals surface area contributed by atoms with E-state index < -0.39 is 11.7 Å². The second kappa shape index (κ2) is 8.64. The number of esters is 1. The van der Waals surface area contributed by atoms with E-state index in [1.54, 1.807) is 0 Å². The third-order valence-electron chi connectivity index (χ3n) is 4.72. The van der Waals surface area contributed by atoms with Crippen molar-refractivity contribution in [2.45, 2.75) is 65.1 Å². The number of benzene rings is 3. The van der Waals surface area contributed by atoms with E-state index in [4.69, 9.17) is 9.47 Å². The summed E-state index contributed by atoms with van der Waals surface area (Å²) in [4.78, 5) is 12.8. The van der Waals surface area contributed by atoms with E-state index in [9.17, 15) is 4.79 Å². The normalized spacial score (nSPS) is 12.9. The second-order valence-electron chi connectivity index (χ2n) is 8.31. The molecule has 28 heavy (non-hydrogen) atoms. The lowest BCUT2D eigenvalue weighted by Gasteiger charge is -2.25. The topological polar surface area (TPSA) is 35.5 Å². The van der Waals surface area contributed by atoms with Gasteiger partial charge in [-0.15, -0.1) is 0 Å². The molecule has 3 aromatic rings. The van der Waals surface area contributed by atoms with Gasteiger partial charge in [0.15, 0.2) is 6.10 Å². The van der Waals surface area contributed by atoms with Crippen LogP contribution in [0, 0.1) is 0 Å². The van der Waals surface area contributed by atoms with Crippen LogP contribution >= 0.6 is 0 Å². The van der Waals surface area contributed by atoms with Crippen LogP contribution in [0.5, 0.6) is 5.75 Å².